The normalized spacial score (nSPS) is 16.4. The first-order valence-corrected chi connectivity index (χ1v) is 5.06. The highest BCUT2D eigenvalue weighted by molar-refractivity contribution is 6.16. The highest BCUT2D eigenvalue weighted by atomic mass is 35.5. The van der Waals surface area contributed by atoms with Crippen LogP contribution >= 0.6 is 11.6 Å². The van der Waals surface area contributed by atoms with E-state index in [-0.39, 0.29) is 0 Å². The van der Waals surface area contributed by atoms with Gasteiger partial charge in [0.15, 0.2) is 0 Å². The van der Waals surface area contributed by atoms with E-state index in [0.29, 0.717) is 12.6 Å². The average Bonchev–Trinajstić information content (AvgIpc) is 2.84. The summed E-state index contributed by atoms with van der Waals surface area (Å²) in [7, 11) is 0. The second-order valence-electron chi connectivity index (χ2n) is 3.46. The predicted octanol–water partition coefficient (Wildman–Crippen LogP) is 2.01. The van der Waals surface area contributed by atoms with Crippen LogP contribution in [0.1, 0.15) is 18.5 Å². The molecule has 1 aliphatic rings. The molecule has 2 rings (SSSR count). The molecule has 0 atom stereocenters. The summed E-state index contributed by atoms with van der Waals surface area (Å²) >= 11 is 5.62. The third kappa shape index (κ3) is 2.71. The van der Waals surface area contributed by atoms with Crippen molar-refractivity contribution < 1.29 is 4.74 Å². The molecule has 0 spiro atoms. The van der Waals surface area contributed by atoms with Crippen LogP contribution in [-0.4, -0.2) is 16.2 Å². The van der Waals surface area contributed by atoms with E-state index in [1.54, 1.807) is 6.33 Å². The Hall–Kier alpha value is -0.540. The second-order valence-corrected chi connectivity index (χ2v) is 3.72. The molecule has 1 heterocycles. The Morgan fingerprint density at radius 1 is 1.62 bits per heavy atom. The number of halogens is 1. The van der Waals surface area contributed by atoms with E-state index in [1.807, 2.05) is 10.8 Å². The second kappa shape index (κ2) is 4.11. The molecule has 0 saturated heterocycles. The molecule has 0 bridgehead atoms. The molecule has 1 aromatic heterocycles. The summed E-state index contributed by atoms with van der Waals surface area (Å²) < 4.78 is 7.40. The van der Waals surface area contributed by atoms with Crippen LogP contribution < -0.4 is 0 Å². The van der Waals surface area contributed by atoms with Crippen LogP contribution in [0.15, 0.2) is 12.5 Å². The lowest BCUT2D eigenvalue weighted by atomic mass is 10.5. The summed E-state index contributed by atoms with van der Waals surface area (Å²) in [5.74, 6) is 1.28. The van der Waals surface area contributed by atoms with Gasteiger partial charge in [-0.05, 0) is 18.8 Å². The highest BCUT2D eigenvalue weighted by Crippen LogP contribution is 2.28. The number of aromatic nitrogens is 2. The Labute approximate surface area is 82.7 Å². The van der Waals surface area contributed by atoms with E-state index in [4.69, 9.17) is 16.3 Å². The van der Waals surface area contributed by atoms with Crippen molar-refractivity contribution in [1.82, 2.24) is 9.55 Å². The number of hydrogen-bond donors (Lipinski definition) is 0. The Bertz CT molecular complexity index is 270. The summed E-state index contributed by atoms with van der Waals surface area (Å²) in [5, 5.41) is 0. The molecule has 0 amide bonds. The number of imidazole rings is 1. The molecule has 0 aromatic carbocycles. The average molecular weight is 201 g/mol. The Morgan fingerprint density at radius 2 is 2.46 bits per heavy atom. The summed E-state index contributed by atoms with van der Waals surface area (Å²) in [6, 6.07) is 0. The molecule has 3 nitrogen and oxygen atoms in total. The van der Waals surface area contributed by atoms with Crippen molar-refractivity contribution in [3.05, 3.63) is 18.2 Å². The lowest BCUT2D eigenvalue weighted by molar-refractivity contribution is 0.0689. The standard InChI is InChI=1S/C9H13ClN2O/c10-3-9-4-12(6-11-9)7-13-5-8-1-2-8/h4,6,8H,1-3,5,7H2. The third-order valence-electron chi connectivity index (χ3n) is 2.11. The molecule has 1 saturated carbocycles. The summed E-state index contributed by atoms with van der Waals surface area (Å²) in [5.41, 5.74) is 0.900. The number of rotatable bonds is 5. The van der Waals surface area contributed by atoms with Gasteiger partial charge in [-0.15, -0.1) is 11.6 Å². The number of hydrogen-bond acceptors (Lipinski definition) is 2. The first-order chi connectivity index (χ1) is 6.38. The smallest absolute Gasteiger partial charge is 0.123 e. The Balaban J connectivity index is 1.72. The molecule has 0 aliphatic heterocycles. The van der Waals surface area contributed by atoms with Gasteiger partial charge in [-0.1, -0.05) is 0 Å². The van der Waals surface area contributed by atoms with Crippen molar-refractivity contribution in [2.45, 2.75) is 25.5 Å². The highest BCUT2D eigenvalue weighted by Gasteiger charge is 2.20. The molecule has 1 aromatic rings. The zero-order chi connectivity index (χ0) is 9.10. The van der Waals surface area contributed by atoms with E-state index >= 15 is 0 Å². The summed E-state index contributed by atoms with van der Waals surface area (Å²) in [4.78, 5) is 4.10. The first kappa shape index (κ1) is 9.03. The predicted molar refractivity (Wildman–Crippen MR) is 50.5 cm³/mol. The van der Waals surface area contributed by atoms with Gasteiger partial charge in [0, 0.05) is 6.20 Å². The molecule has 13 heavy (non-hydrogen) atoms. The number of ether oxygens (including phenoxy) is 1. The van der Waals surface area contributed by atoms with Crippen molar-refractivity contribution >= 4 is 11.6 Å². The van der Waals surface area contributed by atoms with Crippen LogP contribution in [0.25, 0.3) is 0 Å². The fourth-order valence-electron chi connectivity index (χ4n) is 1.16. The molecule has 1 aliphatic carbocycles. The van der Waals surface area contributed by atoms with Crippen LogP contribution in [-0.2, 0) is 17.3 Å². The SMILES string of the molecule is ClCc1cn(COCC2CC2)cn1. The van der Waals surface area contributed by atoms with Crippen LogP contribution in [0.5, 0.6) is 0 Å². The first-order valence-electron chi connectivity index (χ1n) is 4.53. The van der Waals surface area contributed by atoms with Gasteiger partial charge < -0.3 is 9.30 Å². The largest absolute Gasteiger partial charge is 0.360 e. The maximum Gasteiger partial charge on any atom is 0.123 e. The fraction of sp³-hybridized carbons (Fsp3) is 0.667. The van der Waals surface area contributed by atoms with Crippen LogP contribution in [0.3, 0.4) is 0 Å². The van der Waals surface area contributed by atoms with Crippen LogP contribution in [0, 0.1) is 5.92 Å². The van der Waals surface area contributed by atoms with E-state index < -0.39 is 0 Å². The van der Waals surface area contributed by atoms with Crippen molar-refractivity contribution in [3.63, 3.8) is 0 Å². The molecule has 0 N–H and O–H groups in total. The quantitative estimate of drug-likeness (QED) is 0.680. The van der Waals surface area contributed by atoms with Gasteiger partial charge in [0.2, 0.25) is 0 Å². The van der Waals surface area contributed by atoms with Gasteiger partial charge in [0.25, 0.3) is 0 Å². The maximum atomic E-state index is 5.62. The summed E-state index contributed by atoms with van der Waals surface area (Å²) in [6.07, 6.45) is 6.33. The number of nitrogens with zero attached hydrogens (tertiary/aromatic N) is 2. The molecule has 0 radical (unpaired) electrons. The van der Waals surface area contributed by atoms with Gasteiger partial charge in [-0.3, -0.25) is 0 Å². The Kier molecular flexibility index (Phi) is 2.86. The molecule has 0 unspecified atom stereocenters. The lowest BCUT2D eigenvalue weighted by Gasteiger charge is -2.02. The zero-order valence-corrected chi connectivity index (χ0v) is 8.20. The molecule has 72 valence electrons. The third-order valence-corrected chi connectivity index (χ3v) is 2.39. The minimum atomic E-state index is 0.468. The van der Waals surface area contributed by atoms with Crippen LogP contribution in [0.2, 0.25) is 0 Å². The molecular weight excluding hydrogens is 188 g/mol. The molecule has 4 heteroatoms. The topological polar surface area (TPSA) is 27.1 Å². The summed E-state index contributed by atoms with van der Waals surface area (Å²) in [6.45, 7) is 1.48. The fourth-order valence-corrected chi connectivity index (χ4v) is 1.29. The van der Waals surface area contributed by atoms with E-state index in [2.05, 4.69) is 4.98 Å². The minimum absolute atomic E-state index is 0.468. The van der Waals surface area contributed by atoms with Gasteiger partial charge in [-0.2, -0.15) is 0 Å². The lowest BCUT2D eigenvalue weighted by Crippen LogP contribution is -2.02. The van der Waals surface area contributed by atoms with Crippen molar-refractivity contribution in [2.24, 2.45) is 5.92 Å². The van der Waals surface area contributed by atoms with E-state index in [1.165, 1.54) is 12.8 Å². The Morgan fingerprint density at radius 3 is 3.08 bits per heavy atom. The van der Waals surface area contributed by atoms with Crippen LogP contribution in [0.4, 0.5) is 0 Å². The van der Waals surface area contributed by atoms with Gasteiger partial charge in [-0.25, -0.2) is 4.98 Å². The zero-order valence-electron chi connectivity index (χ0n) is 7.45. The van der Waals surface area contributed by atoms with Gasteiger partial charge in [0.1, 0.15) is 6.73 Å². The molecule has 1 fully saturated rings. The number of alkyl halides is 1. The minimum Gasteiger partial charge on any atom is -0.360 e. The molecular formula is C9H13ClN2O. The van der Waals surface area contributed by atoms with Crippen molar-refractivity contribution in [1.29, 1.82) is 0 Å². The van der Waals surface area contributed by atoms with Gasteiger partial charge >= 0.3 is 0 Å². The van der Waals surface area contributed by atoms with E-state index in [9.17, 15) is 0 Å². The van der Waals surface area contributed by atoms with Crippen molar-refractivity contribution in [3.8, 4) is 0 Å². The maximum absolute atomic E-state index is 5.62. The van der Waals surface area contributed by atoms with Crippen molar-refractivity contribution in [2.75, 3.05) is 6.61 Å². The van der Waals surface area contributed by atoms with E-state index in [0.717, 1.165) is 18.2 Å². The van der Waals surface area contributed by atoms with Gasteiger partial charge in [0.05, 0.1) is 24.5 Å². The monoisotopic (exact) mass is 200 g/mol.